The normalized spacial score (nSPS) is 16.5. The predicted molar refractivity (Wildman–Crippen MR) is 107 cm³/mol. The Balaban J connectivity index is 1.71. The number of anilines is 2. The summed E-state index contributed by atoms with van der Waals surface area (Å²) in [6.07, 6.45) is 7.10. The van der Waals surface area contributed by atoms with Crippen molar-refractivity contribution in [3.8, 4) is 0 Å². The average Bonchev–Trinajstić information content (AvgIpc) is 2.98. The molecule has 2 aromatic rings. The van der Waals surface area contributed by atoms with Crippen LogP contribution in [-0.2, 0) is 11.2 Å². The summed E-state index contributed by atoms with van der Waals surface area (Å²) in [5, 5.41) is 3.18. The highest BCUT2D eigenvalue weighted by Crippen LogP contribution is 2.24. The number of carbonyl (C=O) groups is 2. The minimum atomic E-state index is -0.286. The molecule has 1 saturated heterocycles. The van der Waals surface area contributed by atoms with Crippen LogP contribution in [0.2, 0.25) is 5.02 Å². The zero-order valence-corrected chi connectivity index (χ0v) is 16.7. The molecule has 148 valence electrons. The number of hydrogen-bond acceptors (Lipinski definition) is 5. The van der Waals surface area contributed by atoms with Crippen molar-refractivity contribution in [2.24, 2.45) is 0 Å². The monoisotopic (exact) mass is 402 g/mol. The summed E-state index contributed by atoms with van der Waals surface area (Å²) in [5.74, 6) is 0.491. The van der Waals surface area contributed by atoms with Gasteiger partial charge in [0.25, 0.3) is 0 Å². The van der Waals surface area contributed by atoms with E-state index in [2.05, 4.69) is 20.3 Å². The van der Waals surface area contributed by atoms with Crippen molar-refractivity contribution in [2.75, 3.05) is 23.3 Å². The van der Waals surface area contributed by atoms with E-state index in [4.69, 9.17) is 11.6 Å². The molecule has 1 N–H and O–H groups in total. The van der Waals surface area contributed by atoms with E-state index >= 15 is 0 Å². The standard InChI is InChI=1S/C19H23ClN6O2/c1-3-5-15-11-26(18-22-9-14(20)10-23-18)19(28)25(15)12-17(27)24-16-8-13(4-2)6-7-21-16/h6-10,15H,3-5,11-12H2,1-2H3,(H,21,24,27)/t15-/m0/s1. The molecule has 3 amide bonds. The quantitative estimate of drug-likeness (QED) is 0.768. The fraction of sp³-hybridized carbons (Fsp3) is 0.421. The van der Waals surface area contributed by atoms with Crippen molar-refractivity contribution in [2.45, 2.75) is 39.2 Å². The number of halogens is 1. The summed E-state index contributed by atoms with van der Waals surface area (Å²) >= 11 is 5.83. The lowest BCUT2D eigenvalue weighted by Crippen LogP contribution is -2.41. The van der Waals surface area contributed by atoms with Gasteiger partial charge in [0.05, 0.1) is 30.0 Å². The second-order valence-corrected chi connectivity index (χ2v) is 7.05. The highest BCUT2D eigenvalue weighted by atomic mass is 35.5. The number of aryl methyl sites for hydroxylation is 1. The third kappa shape index (κ3) is 4.56. The Labute approximate surface area is 168 Å². The lowest BCUT2D eigenvalue weighted by Gasteiger charge is -2.22. The summed E-state index contributed by atoms with van der Waals surface area (Å²) < 4.78 is 0. The minimum Gasteiger partial charge on any atom is -0.310 e. The first-order valence-corrected chi connectivity index (χ1v) is 9.70. The molecule has 0 radical (unpaired) electrons. The van der Waals surface area contributed by atoms with E-state index in [9.17, 15) is 9.59 Å². The Kier molecular flexibility index (Phi) is 6.41. The maximum absolute atomic E-state index is 12.9. The molecule has 1 fully saturated rings. The van der Waals surface area contributed by atoms with Gasteiger partial charge >= 0.3 is 6.03 Å². The molecule has 0 bridgehead atoms. The molecule has 0 spiro atoms. The van der Waals surface area contributed by atoms with Crippen molar-refractivity contribution in [3.63, 3.8) is 0 Å². The van der Waals surface area contributed by atoms with E-state index in [1.54, 1.807) is 11.1 Å². The van der Waals surface area contributed by atoms with E-state index in [1.807, 2.05) is 26.0 Å². The third-order valence-corrected chi connectivity index (χ3v) is 4.79. The van der Waals surface area contributed by atoms with Gasteiger partial charge in [0.15, 0.2) is 0 Å². The van der Waals surface area contributed by atoms with Crippen LogP contribution in [0.4, 0.5) is 16.6 Å². The maximum Gasteiger partial charge on any atom is 0.327 e. The number of nitrogens with one attached hydrogen (secondary N) is 1. The van der Waals surface area contributed by atoms with Crippen LogP contribution in [0.25, 0.3) is 0 Å². The topological polar surface area (TPSA) is 91.3 Å². The number of amides is 3. The van der Waals surface area contributed by atoms with Gasteiger partial charge < -0.3 is 10.2 Å². The first kappa shape index (κ1) is 20.0. The predicted octanol–water partition coefficient (Wildman–Crippen LogP) is 3.14. The smallest absolute Gasteiger partial charge is 0.310 e. The van der Waals surface area contributed by atoms with Crippen LogP contribution in [0.5, 0.6) is 0 Å². The van der Waals surface area contributed by atoms with Crippen molar-refractivity contribution >= 4 is 35.3 Å². The molecule has 0 unspecified atom stereocenters. The Morgan fingerprint density at radius 3 is 2.71 bits per heavy atom. The van der Waals surface area contributed by atoms with Crippen molar-refractivity contribution in [3.05, 3.63) is 41.3 Å². The number of pyridine rings is 1. The summed E-state index contributed by atoms with van der Waals surface area (Å²) in [6, 6.07) is 3.37. The number of hydrogen-bond donors (Lipinski definition) is 1. The van der Waals surface area contributed by atoms with Crippen LogP contribution in [0.1, 0.15) is 32.3 Å². The van der Waals surface area contributed by atoms with Crippen LogP contribution in [0, 0.1) is 0 Å². The van der Waals surface area contributed by atoms with Crippen LogP contribution in [0.15, 0.2) is 30.7 Å². The SMILES string of the molecule is CCC[C@H]1CN(c2ncc(Cl)cn2)C(=O)N1CC(=O)Nc1cc(CC)ccn1. The molecule has 3 rings (SSSR count). The second kappa shape index (κ2) is 8.97. The molecule has 1 aliphatic heterocycles. The number of aromatic nitrogens is 3. The van der Waals surface area contributed by atoms with Crippen molar-refractivity contribution in [1.82, 2.24) is 19.9 Å². The third-order valence-electron chi connectivity index (χ3n) is 4.59. The van der Waals surface area contributed by atoms with Crippen LogP contribution < -0.4 is 10.2 Å². The van der Waals surface area contributed by atoms with E-state index in [0.29, 0.717) is 17.4 Å². The van der Waals surface area contributed by atoms with Gasteiger partial charge in [-0.25, -0.2) is 19.7 Å². The minimum absolute atomic E-state index is 0.0500. The molecule has 0 saturated carbocycles. The highest BCUT2D eigenvalue weighted by molar-refractivity contribution is 6.30. The van der Waals surface area contributed by atoms with Gasteiger partial charge in [0, 0.05) is 6.20 Å². The molecule has 28 heavy (non-hydrogen) atoms. The molecule has 8 nitrogen and oxygen atoms in total. The molecule has 2 aromatic heterocycles. The Bertz CT molecular complexity index is 845. The summed E-state index contributed by atoms with van der Waals surface area (Å²) in [5.41, 5.74) is 1.08. The first-order chi connectivity index (χ1) is 13.5. The van der Waals surface area contributed by atoms with Crippen LogP contribution in [0.3, 0.4) is 0 Å². The van der Waals surface area contributed by atoms with Gasteiger partial charge in [-0.3, -0.25) is 9.69 Å². The Hall–Kier alpha value is -2.74. The van der Waals surface area contributed by atoms with Gasteiger partial charge in [-0.15, -0.1) is 0 Å². The summed E-state index contributed by atoms with van der Waals surface area (Å²) in [6.45, 7) is 4.47. The van der Waals surface area contributed by atoms with Gasteiger partial charge in [-0.05, 0) is 30.5 Å². The van der Waals surface area contributed by atoms with Gasteiger partial charge in [-0.1, -0.05) is 31.9 Å². The number of urea groups is 1. The van der Waals surface area contributed by atoms with Crippen molar-refractivity contribution < 1.29 is 9.59 Å². The first-order valence-electron chi connectivity index (χ1n) is 9.32. The molecule has 0 aromatic carbocycles. The van der Waals surface area contributed by atoms with E-state index in [-0.39, 0.29) is 30.5 Å². The fourth-order valence-electron chi connectivity index (χ4n) is 3.19. The zero-order chi connectivity index (χ0) is 20.1. The van der Waals surface area contributed by atoms with Gasteiger partial charge in [0.2, 0.25) is 11.9 Å². The second-order valence-electron chi connectivity index (χ2n) is 6.62. The molecular weight excluding hydrogens is 380 g/mol. The largest absolute Gasteiger partial charge is 0.327 e. The molecular formula is C19H23ClN6O2. The maximum atomic E-state index is 12.9. The Morgan fingerprint density at radius 2 is 2.04 bits per heavy atom. The average molecular weight is 403 g/mol. The number of carbonyl (C=O) groups excluding carboxylic acids is 2. The molecule has 9 heteroatoms. The highest BCUT2D eigenvalue weighted by Gasteiger charge is 2.39. The molecule has 0 aliphatic carbocycles. The van der Waals surface area contributed by atoms with E-state index in [0.717, 1.165) is 24.8 Å². The van der Waals surface area contributed by atoms with E-state index < -0.39 is 0 Å². The lowest BCUT2D eigenvalue weighted by atomic mass is 10.1. The summed E-state index contributed by atoms with van der Waals surface area (Å²) in [4.78, 5) is 40.9. The fourth-order valence-corrected chi connectivity index (χ4v) is 3.29. The Morgan fingerprint density at radius 1 is 1.29 bits per heavy atom. The number of rotatable bonds is 7. The number of nitrogens with zero attached hydrogens (tertiary/aromatic N) is 5. The molecule has 1 atom stereocenters. The van der Waals surface area contributed by atoms with E-state index in [1.165, 1.54) is 17.3 Å². The molecule has 3 heterocycles. The van der Waals surface area contributed by atoms with Gasteiger partial charge in [0.1, 0.15) is 12.4 Å². The molecule has 1 aliphatic rings. The van der Waals surface area contributed by atoms with Gasteiger partial charge in [-0.2, -0.15) is 0 Å². The van der Waals surface area contributed by atoms with Crippen molar-refractivity contribution in [1.29, 1.82) is 0 Å². The van der Waals surface area contributed by atoms with Crippen LogP contribution >= 0.6 is 11.6 Å². The zero-order valence-electron chi connectivity index (χ0n) is 15.9. The van der Waals surface area contributed by atoms with Crippen LogP contribution in [-0.4, -0.2) is 50.9 Å². The lowest BCUT2D eigenvalue weighted by molar-refractivity contribution is -0.117. The summed E-state index contributed by atoms with van der Waals surface area (Å²) in [7, 11) is 0.